The zero-order valence-corrected chi connectivity index (χ0v) is 13.9. The van der Waals surface area contributed by atoms with Gasteiger partial charge < -0.3 is 23.7 Å². The molecule has 0 amide bonds. The number of rotatable bonds is 6. The van der Waals surface area contributed by atoms with E-state index in [0.717, 1.165) is 0 Å². The van der Waals surface area contributed by atoms with Crippen LogP contribution in [0.25, 0.3) is 0 Å². The number of hydrogen-bond acceptors (Lipinski definition) is 8. The molecule has 1 aliphatic heterocycles. The van der Waals surface area contributed by atoms with Crippen molar-refractivity contribution >= 4 is 11.6 Å². The van der Waals surface area contributed by atoms with Crippen LogP contribution in [-0.4, -0.2) is 47.4 Å². The van der Waals surface area contributed by atoms with Gasteiger partial charge in [-0.2, -0.15) is 9.97 Å². The molecule has 2 aromatic rings. The normalized spacial score (nSPS) is 23.2. The molecule has 1 aromatic heterocycles. The molecular formula is C15H16ClN3O5. The van der Waals surface area contributed by atoms with Crippen LogP contribution in [-0.2, 0) is 14.2 Å². The van der Waals surface area contributed by atoms with E-state index in [1.54, 1.807) is 19.1 Å². The van der Waals surface area contributed by atoms with E-state index < -0.39 is 5.97 Å². The van der Waals surface area contributed by atoms with Crippen LogP contribution in [0.3, 0.4) is 0 Å². The van der Waals surface area contributed by atoms with Crippen molar-refractivity contribution in [2.45, 2.75) is 19.0 Å². The summed E-state index contributed by atoms with van der Waals surface area (Å²) in [6.45, 7) is 2.18. The average Bonchev–Trinajstić information content (AvgIpc) is 2.96. The topological polar surface area (TPSA) is 84.8 Å². The molecule has 1 fully saturated rings. The van der Waals surface area contributed by atoms with E-state index in [1.165, 1.54) is 7.11 Å². The Morgan fingerprint density at radius 2 is 1.96 bits per heavy atom. The molecule has 2 unspecified atom stereocenters. The molecule has 0 bridgehead atoms. The van der Waals surface area contributed by atoms with Crippen molar-refractivity contribution in [2.24, 2.45) is 0 Å². The fourth-order valence-electron chi connectivity index (χ4n) is 1.99. The Bertz CT molecular complexity index is 690. The van der Waals surface area contributed by atoms with E-state index in [2.05, 4.69) is 15.0 Å². The molecule has 2 heterocycles. The van der Waals surface area contributed by atoms with E-state index in [9.17, 15) is 0 Å². The Balaban J connectivity index is 1.62. The fourth-order valence-corrected chi connectivity index (χ4v) is 2.14. The van der Waals surface area contributed by atoms with Crippen LogP contribution in [0.5, 0.6) is 17.8 Å². The predicted molar refractivity (Wildman–Crippen MR) is 83.1 cm³/mol. The molecule has 0 N–H and O–H groups in total. The van der Waals surface area contributed by atoms with Crippen molar-refractivity contribution < 1.29 is 23.7 Å². The third-order valence-corrected chi connectivity index (χ3v) is 3.37. The zero-order chi connectivity index (χ0) is 17.0. The maximum absolute atomic E-state index is 5.88. The van der Waals surface area contributed by atoms with Gasteiger partial charge >= 0.3 is 12.0 Å². The van der Waals surface area contributed by atoms with Crippen molar-refractivity contribution in [1.29, 1.82) is 0 Å². The maximum Gasteiger partial charge on any atom is 0.329 e. The Kier molecular flexibility index (Phi) is 5.10. The van der Waals surface area contributed by atoms with Gasteiger partial charge in [-0.25, -0.2) is 0 Å². The standard InChI is InChI=1S/C15H16ClN3O5/c1-15(20-2)22-9-11(24-15)8-21-13-17-12(16)18-14(19-13)23-10-6-4-3-5-7-10/h3-7,11H,8-9H2,1-2H3. The van der Waals surface area contributed by atoms with Crippen LogP contribution >= 0.6 is 11.6 Å². The lowest BCUT2D eigenvalue weighted by Gasteiger charge is -2.20. The number of methoxy groups -OCH3 is 1. The molecule has 9 heteroatoms. The molecule has 0 aliphatic carbocycles. The second-order valence-electron chi connectivity index (χ2n) is 5.01. The van der Waals surface area contributed by atoms with Crippen molar-refractivity contribution in [3.63, 3.8) is 0 Å². The summed E-state index contributed by atoms with van der Waals surface area (Å²) in [5, 5.41) is -0.0312. The van der Waals surface area contributed by atoms with E-state index in [4.69, 9.17) is 35.3 Å². The van der Waals surface area contributed by atoms with Gasteiger partial charge in [0, 0.05) is 14.0 Å². The number of hydrogen-bond donors (Lipinski definition) is 0. The van der Waals surface area contributed by atoms with Crippen molar-refractivity contribution in [3.05, 3.63) is 35.6 Å². The van der Waals surface area contributed by atoms with Crippen LogP contribution in [0.1, 0.15) is 6.92 Å². The monoisotopic (exact) mass is 353 g/mol. The van der Waals surface area contributed by atoms with Gasteiger partial charge in [-0.15, -0.1) is 4.98 Å². The van der Waals surface area contributed by atoms with Crippen LogP contribution in [0.4, 0.5) is 0 Å². The third kappa shape index (κ3) is 4.30. The van der Waals surface area contributed by atoms with Crippen molar-refractivity contribution in [1.82, 2.24) is 15.0 Å². The van der Waals surface area contributed by atoms with Crippen LogP contribution in [0.2, 0.25) is 5.28 Å². The Labute approximate surface area is 143 Å². The number of nitrogens with zero attached hydrogens (tertiary/aromatic N) is 3. The van der Waals surface area contributed by atoms with Crippen molar-refractivity contribution in [3.8, 4) is 17.8 Å². The summed E-state index contributed by atoms with van der Waals surface area (Å²) < 4.78 is 27.1. The molecule has 0 spiro atoms. The lowest BCUT2D eigenvalue weighted by Crippen LogP contribution is -2.30. The highest BCUT2D eigenvalue weighted by Crippen LogP contribution is 2.24. The lowest BCUT2D eigenvalue weighted by molar-refractivity contribution is -0.314. The maximum atomic E-state index is 5.88. The second kappa shape index (κ2) is 7.27. The smallest absolute Gasteiger partial charge is 0.329 e. The predicted octanol–water partition coefficient (Wildman–Crippen LogP) is 2.43. The molecule has 0 saturated carbocycles. The molecule has 128 valence electrons. The van der Waals surface area contributed by atoms with E-state index >= 15 is 0 Å². The van der Waals surface area contributed by atoms with Gasteiger partial charge in [0.2, 0.25) is 5.28 Å². The van der Waals surface area contributed by atoms with Gasteiger partial charge in [-0.05, 0) is 23.7 Å². The van der Waals surface area contributed by atoms with Gasteiger partial charge in [-0.3, -0.25) is 0 Å². The molecule has 1 saturated heterocycles. The molecule has 0 radical (unpaired) electrons. The first-order valence-corrected chi connectivity index (χ1v) is 7.58. The summed E-state index contributed by atoms with van der Waals surface area (Å²) in [6.07, 6.45) is -0.316. The van der Waals surface area contributed by atoms with E-state index in [1.807, 2.05) is 18.2 Å². The average molecular weight is 354 g/mol. The number of halogens is 1. The lowest BCUT2D eigenvalue weighted by atomic mass is 10.3. The molecule has 24 heavy (non-hydrogen) atoms. The molecule has 2 atom stereocenters. The molecule has 1 aliphatic rings. The van der Waals surface area contributed by atoms with Crippen molar-refractivity contribution in [2.75, 3.05) is 20.3 Å². The Hall–Kier alpha value is -2.00. The van der Waals surface area contributed by atoms with Gasteiger partial charge in [-0.1, -0.05) is 18.2 Å². The first-order valence-electron chi connectivity index (χ1n) is 7.20. The number of ether oxygens (including phenoxy) is 5. The SMILES string of the molecule is COC1(C)OCC(COc2nc(Cl)nc(Oc3ccccc3)n2)O1. The summed E-state index contributed by atoms with van der Waals surface area (Å²) in [7, 11) is 1.50. The van der Waals surface area contributed by atoms with Crippen LogP contribution < -0.4 is 9.47 Å². The molecule has 1 aromatic carbocycles. The Morgan fingerprint density at radius 1 is 1.21 bits per heavy atom. The summed E-state index contributed by atoms with van der Waals surface area (Å²) in [4.78, 5) is 11.9. The first kappa shape index (κ1) is 16.8. The fraction of sp³-hybridized carbons (Fsp3) is 0.400. The minimum atomic E-state index is -1.06. The summed E-state index contributed by atoms with van der Waals surface area (Å²) in [6, 6.07) is 9.16. The summed E-state index contributed by atoms with van der Waals surface area (Å²) >= 11 is 5.88. The summed E-state index contributed by atoms with van der Waals surface area (Å²) in [5.74, 6) is -0.485. The molecule has 3 rings (SSSR count). The van der Waals surface area contributed by atoms with Gasteiger partial charge in [0.1, 0.15) is 18.5 Å². The molecular weight excluding hydrogens is 338 g/mol. The largest absolute Gasteiger partial charge is 0.460 e. The zero-order valence-electron chi connectivity index (χ0n) is 13.1. The quantitative estimate of drug-likeness (QED) is 0.782. The highest BCUT2D eigenvalue weighted by molar-refractivity contribution is 6.28. The first-order chi connectivity index (χ1) is 11.6. The van der Waals surface area contributed by atoms with Crippen LogP contribution in [0.15, 0.2) is 30.3 Å². The minimum Gasteiger partial charge on any atom is -0.460 e. The number of aromatic nitrogens is 3. The summed E-state index contributed by atoms with van der Waals surface area (Å²) in [5.41, 5.74) is 0. The van der Waals surface area contributed by atoms with E-state index in [-0.39, 0.29) is 30.0 Å². The molecule has 8 nitrogen and oxygen atoms in total. The highest BCUT2D eigenvalue weighted by Gasteiger charge is 2.38. The Morgan fingerprint density at radius 3 is 2.67 bits per heavy atom. The third-order valence-electron chi connectivity index (χ3n) is 3.20. The van der Waals surface area contributed by atoms with Gasteiger partial charge in [0.15, 0.2) is 0 Å². The number of para-hydroxylation sites is 1. The number of benzene rings is 1. The highest BCUT2D eigenvalue weighted by atomic mass is 35.5. The van der Waals surface area contributed by atoms with Crippen LogP contribution in [0, 0.1) is 0 Å². The minimum absolute atomic E-state index is 0.0312. The van der Waals surface area contributed by atoms with Gasteiger partial charge in [0.25, 0.3) is 5.97 Å². The van der Waals surface area contributed by atoms with Gasteiger partial charge in [0.05, 0.1) is 6.61 Å². The van der Waals surface area contributed by atoms with E-state index in [0.29, 0.717) is 12.4 Å². The second-order valence-corrected chi connectivity index (χ2v) is 5.35.